The van der Waals surface area contributed by atoms with Crippen LogP contribution in [-0.2, 0) is 14.3 Å². The van der Waals surface area contributed by atoms with Crippen LogP contribution < -0.4 is 10.1 Å². The smallest absolute Gasteiger partial charge is 0.257 e. The lowest BCUT2D eigenvalue weighted by Crippen LogP contribution is -2.51. The van der Waals surface area contributed by atoms with Crippen LogP contribution in [0.5, 0.6) is 5.75 Å². The number of nitrogens with one attached hydrogen (secondary N) is 1. The molecule has 182 valence electrons. The van der Waals surface area contributed by atoms with Crippen molar-refractivity contribution in [1.29, 1.82) is 0 Å². The Kier molecular flexibility index (Phi) is 8.35. The third kappa shape index (κ3) is 5.85. The van der Waals surface area contributed by atoms with Crippen LogP contribution in [-0.4, -0.2) is 73.5 Å². The molecule has 8 heteroatoms. The van der Waals surface area contributed by atoms with Gasteiger partial charge in [-0.2, -0.15) is 0 Å². The van der Waals surface area contributed by atoms with Gasteiger partial charge in [-0.05, 0) is 31.9 Å². The summed E-state index contributed by atoms with van der Waals surface area (Å²) in [6.07, 6.45) is 3.11. The number of anilines is 1. The molecule has 0 bridgehead atoms. The minimum Gasteiger partial charge on any atom is -0.491 e. The van der Waals surface area contributed by atoms with E-state index in [1.54, 1.807) is 44.2 Å². The summed E-state index contributed by atoms with van der Waals surface area (Å²) in [6, 6.07) is 4.90. The molecule has 33 heavy (non-hydrogen) atoms. The number of amides is 3. The number of benzene rings is 1. The molecule has 1 aromatic rings. The molecule has 2 aliphatic rings. The number of rotatable bonds is 4. The average Bonchev–Trinajstić information content (AvgIpc) is 2.76. The first-order valence-electron chi connectivity index (χ1n) is 11.9. The molecule has 1 saturated carbocycles. The number of fused-ring (bicyclic) bond motifs is 1. The van der Waals surface area contributed by atoms with Crippen LogP contribution in [0.4, 0.5) is 5.69 Å². The second kappa shape index (κ2) is 11.0. The number of carbonyl (C=O) groups is 3. The van der Waals surface area contributed by atoms with Crippen molar-refractivity contribution in [3.8, 4) is 5.75 Å². The first kappa shape index (κ1) is 25.0. The lowest BCUT2D eigenvalue weighted by molar-refractivity contribution is -0.142. The van der Waals surface area contributed by atoms with Gasteiger partial charge in [0, 0.05) is 57.3 Å². The van der Waals surface area contributed by atoms with Crippen LogP contribution in [0.3, 0.4) is 0 Å². The van der Waals surface area contributed by atoms with Gasteiger partial charge in [0.1, 0.15) is 12.4 Å². The quantitative estimate of drug-likeness (QED) is 0.747. The van der Waals surface area contributed by atoms with Crippen molar-refractivity contribution >= 4 is 23.4 Å². The predicted molar refractivity (Wildman–Crippen MR) is 126 cm³/mol. The first-order chi connectivity index (χ1) is 15.7. The summed E-state index contributed by atoms with van der Waals surface area (Å²) >= 11 is 0. The highest BCUT2D eigenvalue weighted by atomic mass is 16.5. The monoisotopic (exact) mass is 459 g/mol. The molecule has 1 aliphatic heterocycles. The maximum atomic E-state index is 13.2. The maximum absolute atomic E-state index is 13.2. The summed E-state index contributed by atoms with van der Waals surface area (Å²) in [5.41, 5.74) is 0.987. The highest BCUT2D eigenvalue weighted by Crippen LogP contribution is 2.31. The first-order valence-corrected chi connectivity index (χ1v) is 11.9. The zero-order chi connectivity index (χ0) is 24.1. The number of hydrogen-bond acceptors (Lipinski definition) is 5. The van der Waals surface area contributed by atoms with Gasteiger partial charge >= 0.3 is 0 Å². The van der Waals surface area contributed by atoms with E-state index in [4.69, 9.17) is 9.47 Å². The zero-order valence-electron chi connectivity index (χ0n) is 20.4. The van der Waals surface area contributed by atoms with E-state index in [2.05, 4.69) is 12.2 Å². The second-order valence-electron chi connectivity index (χ2n) is 9.33. The van der Waals surface area contributed by atoms with Crippen molar-refractivity contribution in [2.45, 2.75) is 58.6 Å². The molecule has 0 unspecified atom stereocenters. The summed E-state index contributed by atoms with van der Waals surface area (Å²) in [5, 5.41) is 2.82. The Morgan fingerprint density at radius 1 is 1.21 bits per heavy atom. The number of hydrogen-bond donors (Lipinski definition) is 1. The molecule has 8 nitrogen and oxygen atoms in total. The Labute approximate surface area is 196 Å². The summed E-state index contributed by atoms with van der Waals surface area (Å²) in [7, 11) is 3.38. The molecular weight excluding hydrogens is 422 g/mol. The molecule has 3 rings (SSSR count). The Morgan fingerprint density at radius 3 is 2.55 bits per heavy atom. The molecule has 0 radical (unpaired) electrons. The topological polar surface area (TPSA) is 88.2 Å². The van der Waals surface area contributed by atoms with E-state index in [9.17, 15) is 14.4 Å². The van der Waals surface area contributed by atoms with Gasteiger partial charge in [0.2, 0.25) is 11.8 Å². The van der Waals surface area contributed by atoms with Crippen molar-refractivity contribution < 1.29 is 23.9 Å². The average molecular weight is 460 g/mol. The van der Waals surface area contributed by atoms with E-state index in [1.807, 2.05) is 11.8 Å². The fraction of sp³-hybridized carbons (Fsp3) is 0.640. The Bertz CT molecular complexity index is 870. The molecule has 3 amide bonds. The molecular formula is C25H37N3O5. The van der Waals surface area contributed by atoms with Crippen LogP contribution in [0.2, 0.25) is 0 Å². The summed E-state index contributed by atoms with van der Waals surface area (Å²) in [6.45, 7) is 7.00. The van der Waals surface area contributed by atoms with E-state index in [-0.39, 0.29) is 48.3 Å². The normalized spacial score (nSPS) is 24.6. The van der Waals surface area contributed by atoms with Gasteiger partial charge < -0.3 is 24.6 Å². The third-order valence-electron chi connectivity index (χ3n) is 6.79. The fourth-order valence-electron chi connectivity index (χ4n) is 4.30. The number of carbonyl (C=O) groups excluding carboxylic acids is 3. The lowest BCUT2D eigenvalue weighted by Gasteiger charge is -2.39. The predicted octanol–water partition coefficient (Wildman–Crippen LogP) is 3.17. The highest BCUT2D eigenvalue weighted by molar-refractivity contribution is 5.98. The molecule has 1 aromatic carbocycles. The van der Waals surface area contributed by atoms with Gasteiger partial charge in [0.05, 0.1) is 17.7 Å². The summed E-state index contributed by atoms with van der Waals surface area (Å²) in [4.78, 5) is 41.9. The Balaban J connectivity index is 1.94. The van der Waals surface area contributed by atoms with Crippen LogP contribution in [0.1, 0.15) is 56.8 Å². The highest BCUT2D eigenvalue weighted by Gasteiger charge is 2.35. The van der Waals surface area contributed by atoms with Crippen molar-refractivity contribution in [3.05, 3.63) is 23.8 Å². The SMILES string of the molecule is CCC(=O)Nc1ccc2c(c1)OC[C@H](C)N(C(=O)C1CCC1)C[C@H](C)[C@@H](OC)CN(C)C2=O. The number of likely N-dealkylation sites (N-methyl/N-ethyl adjacent to an activating group) is 1. The van der Waals surface area contributed by atoms with Crippen LogP contribution >= 0.6 is 0 Å². The lowest BCUT2D eigenvalue weighted by atomic mass is 9.83. The van der Waals surface area contributed by atoms with Gasteiger partial charge in [-0.25, -0.2) is 0 Å². The van der Waals surface area contributed by atoms with Crippen molar-refractivity contribution in [1.82, 2.24) is 9.80 Å². The number of ether oxygens (including phenoxy) is 2. The van der Waals surface area contributed by atoms with Crippen molar-refractivity contribution in [2.75, 3.05) is 39.2 Å². The van der Waals surface area contributed by atoms with Crippen LogP contribution in [0.15, 0.2) is 18.2 Å². The Hall–Kier alpha value is -2.61. The van der Waals surface area contributed by atoms with Crippen LogP contribution in [0, 0.1) is 11.8 Å². The van der Waals surface area contributed by atoms with E-state index >= 15 is 0 Å². The molecule has 1 aliphatic carbocycles. The zero-order valence-corrected chi connectivity index (χ0v) is 20.4. The molecule has 0 aromatic heterocycles. The van der Waals surface area contributed by atoms with Crippen molar-refractivity contribution in [2.24, 2.45) is 11.8 Å². The van der Waals surface area contributed by atoms with E-state index < -0.39 is 0 Å². The standard InChI is InChI=1S/C25H37N3O5/c1-6-23(29)26-19-10-11-20-21(12-19)33-15-17(3)28(24(30)18-8-7-9-18)13-16(2)22(32-5)14-27(4)25(20)31/h10-12,16-18,22H,6-9,13-15H2,1-5H3,(H,26,29)/t16-,17-,22-/m0/s1. The van der Waals surface area contributed by atoms with Crippen LogP contribution in [0.25, 0.3) is 0 Å². The van der Waals surface area contributed by atoms with Gasteiger partial charge in [-0.15, -0.1) is 0 Å². The van der Waals surface area contributed by atoms with E-state index in [0.29, 0.717) is 36.5 Å². The van der Waals surface area contributed by atoms with E-state index in [0.717, 1.165) is 19.3 Å². The molecule has 3 atom stereocenters. The van der Waals surface area contributed by atoms with Gasteiger partial charge in [0.25, 0.3) is 5.91 Å². The molecule has 1 fully saturated rings. The molecule has 1 heterocycles. The number of nitrogens with zero attached hydrogens (tertiary/aromatic N) is 2. The molecule has 0 spiro atoms. The van der Waals surface area contributed by atoms with E-state index in [1.165, 1.54) is 0 Å². The van der Waals surface area contributed by atoms with Gasteiger partial charge in [-0.3, -0.25) is 14.4 Å². The molecule has 1 N–H and O–H groups in total. The minimum atomic E-state index is -0.213. The third-order valence-corrected chi connectivity index (χ3v) is 6.79. The van der Waals surface area contributed by atoms with Crippen molar-refractivity contribution in [3.63, 3.8) is 0 Å². The fourth-order valence-corrected chi connectivity index (χ4v) is 4.30. The minimum absolute atomic E-state index is 0.0438. The van der Waals surface area contributed by atoms with Gasteiger partial charge in [-0.1, -0.05) is 20.3 Å². The second-order valence-corrected chi connectivity index (χ2v) is 9.33. The maximum Gasteiger partial charge on any atom is 0.257 e. The molecule has 0 saturated heterocycles. The number of methoxy groups -OCH3 is 1. The summed E-state index contributed by atoms with van der Waals surface area (Å²) < 4.78 is 11.9. The largest absolute Gasteiger partial charge is 0.491 e. The Morgan fingerprint density at radius 2 is 1.94 bits per heavy atom. The van der Waals surface area contributed by atoms with Gasteiger partial charge in [0.15, 0.2) is 0 Å². The summed E-state index contributed by atoms with van der Waals surface area (Å²) in [5.74, 6) is 0.400.